The molecule has 2 spiro atoms. The van der Waals surface area contributed by atoms with Crippen LogP contribution in [-0.4, -0.2) is 68.1 Å². The predicted molar refractivity (Wildman–Crippen MR) is 169 cm³/mol. The third-order valence-corrected chi connectivity index (χ3v) is 12.9. The van der Waals surface area contributed by atoms with Gasteiger partial charge < -0.3 is 15.0 Å². The minimum atomic E-state index is -4.25. The van der Waals surface area contributed by atoms with E-state index in [0.717, 1.165) is 31.6 Å². The largest absolute Gasteiger partial charge is 0.370 e. The molecule has 2 saturated heterocycles. The number of pyridine rings is 2. The van der Waals surface area contributed by atoms with Crippen LogP contribution in [0.1, 0.15) is 82.0 Å². The number of ether oxygens (including phenoxy) is 1. The molecule has 5 fully saturated rings. The first-order valence-electron chi connectivity index (χ1n) is 16.5. The van der Waals surface area contributed by atoms with Gasteiger partial charge in [0.25, 0.3) is 21.8 Å². The Morgan fingerprint density at radius 2 is 1.80 bits per heavy atom. The second-order valence-corrected chi connectivity index (χ2v) is 16.3. The third kappa shape index (κ3) is 4.81. The van der Waals surface area contributed by atoms with Gasteiger partial charge in [-0.05, 0) is 112 Å². The molecule has 0 aromatic carbocycles. The van der Waals surface area contributed by atoms with Crippen molar-refractivity contribution in [3.05, 3.63) is 35.9 Å². The minimum Gasteiger partial charge on any atom is -0.370 e. The molecule has 12 heteroatoms. The van der Waals surface area contributed by atoms with Gasteiger partial charge in [-0.3, -0.25) is 14.5 Å². The number of rotatable bonds is 5. The Labute approximate surface area is 264 Å². The molecule has 5 heterocycles. The van der Waals surface area contributed by atoms with Gasteiger partial charge >= 0.3 is 0 Å². The van der Waals surface area contributed by atoms with Gasteiger partial charge in [0.15, 0.2) is 5.03 Å². The van der Waals surface area contributed by atoms with Gasteiger partial charge in [-0.15, -0.1) is 0 Å². The lowest BCUT2D eigenvalue weighted by Crippen LogP contribution is -2.41. The van der Waals surface area contributed by atoms with Crippen molar-refractivity contribution in [2.24, 2.45) is 22.7 Å². The maximum absolute atomic E-state index is 13.7. The van der Waals surface area contributed by atoms with Crippen LogP contribution < -0.4 is 19.8 Å². The van der Waals surface area contributed by atoms with Crippen LogP contribution in [0.3, 0.4) is 0 Å². The lowest BCUT2D eigenvalue weighted by atomic mass is 9.93. The molecule has 0 radical (unpaired) electrons. The summed E-state index contributed by atoms with van der Waals surface area (Å²) < 4.78 is 34.9. The molecule has 45 heavy (non-hydrogen) atoms. The predicted octanol–water partition coefficient (Wildman–Crippen LogP) is 4.11. The quantitative estimate of drug-likeness (QED) is 0.499. The van der Waals surface area contributed by atoms with Crippen molar-refractivity contribution in [3.63, 3.8) is 0 Å². The number of nitrogens with one attached hydrogen (secondary N) is 2. The maximum Gasteiger partial charge on any atom is 0.281 e. The van der Waals surface area contributed by atoms with Gasteiger partial charge in [-0.25, -0.2) is 14.7 Å². The Balaban J connectivity index is 1.05. The van der Waals surface area contributed by atoms with Crippen molar-refractivity contribution >= 4 is 39.3 Å². The monoisotopic (exact) mass is 634 g/mol. The Morgan fingerprint density at radius 1 is 1.02 bits per heavy atom. The van der Waals surface area contributed by atoms with Crippen LogP contribution in [0, 0.1) is 22.7 Å². The van der Waals surface area contributed by atoms with Crippen LogP contribution in [0.25, 0.3) is 0 Å². The first-order chi connectivity index (χ1) is 21.5. The van der Waals surface area contributed by atoms with E-state index < -0.39 is 22.0 Å². The number of aromatic nitrogens is 2. The van der Waals surface area contributed by atoms with E-state index in [2.05, 4.69) is 33.8 Å². The second-order valence-electron chi connectivity index (χ2n) is 14.7. The van der Waals surface area contributed by atoms with E-state index in [1.54, 1.807) is 29.2 Å². The summed E-state index contributed by atoms with van der Waals surface area (Å²) in [6.45, 7) is 6.67. The average Bonchev–Trinajstić information content (AvgIpc) is 3.96. The van der Waals surface area contributed by atoms with Gasteiger partial charge in [-0.2, -0.15) is 8.42 Å². The number of fused-ring (bicyclic) bond motifs is 7. The molecule has 2 N–H and O–H groups in total. The summed E-state index contributed by atoms with van der Waals surface area (Å²) in [4.78, 5) is 40.1. The topological polar surface area (TPSA) is 134 Å². The maximum atomic E-state index is 13.7. The Hall–Kier alpha value is -3.25. The van der Waals surface area contributed by atoms with E-state index >= 15 is 0 Å². The number of hydrogen-bond donors (Lipinski definition) is 2. The molecule has 2 atom stereocenters. The molecule has 2 amide bonds. The molecule has 3 aliphatic carbocycles. The number of anilines is 3. The van der Waals surface area contributed by atoms with Crippen LogP contribution in [-0.2, 0) is 19.6 Å². The molecular formula is C33H42N6O5S. The third-order valence-electron chi connectivity index (χ3n) is 11.6. The van der Waals surface area contributed by atoms with Gasteiger partial charge in [0.05, 0.1) is 5.56 Å². The zero-order valence-electron chi connectivity index (χ0n) is 26.0. The molecular weight excluding hydrogens is 592 g/mol. The lowest BCUT2D eigenvalue weighted by Gasteiger charge is -2.34. The van der Waals surface area contributed by atoms with Crippen LogP contribution in [0.4, 0.5) is 17.5 Å². The molecule has 3 aliphatic heterocycles. The fourth-order valence-corrected chi connectivity index (χ4v) is 10.1. The summed E-state index contributed by atoms with van der Waals surface area (Å²) in [5.74, 6) is 1.54. The van der Waals surface area contributed by atoms with Crippen molar-refractivity contribution in [2.45, 2.75) is 88.3 Å². The number of hydrogen-bond acceptors (Lipinski definition) is 9. The normalized spacial score (nSPS) is 28.7. The highest BCUT2D eigenvalue weighted by Gasteiger charge is 2.85. The molecule has 11 nitrogen and oxygen atoms in total. The Morgan fingerprint density at radius 3 is 2.56 bits per heavy atom. The molecule has 6 aliphatic rings. The molecule has 3 saturated carbocycles. The van der Waals surface area contributed by atoms with Crippen molar-refractivity contribution in [1.82, 2.24) is 14.7 Å². The number of amides is 2. The Kier molecular flexibility index (Phi) is 6.56. The van der Waals surface area contributed by atoms with Gasteiger partial charge in [0.1, 0.15) is 23.6 Å². The van der Waals surface area contributed by atoms with E-state index in [1.165, 1.54) is 31.7 Å². The smallest absolute Gasteiger partial charge is 0.281 e. The SMILES string of the molecule is CC1(C)C[C@@H]2CCCNc3cccc(n3)S(=O)(=O)NC(=O)c3ccc(N4CC[C@H](OCCC5C6(CC6)C56CC6)C4=O)nc3N1C2. The molecule has 4 bridgehead atoms. The summed E-state index contributed by atoms with van der Waals surface area (Å²) in [5.41, 5.74) is 1.08. The van der Waals surface area contributed by atoms with Crippen LogP contribution in [0.15, 0.2) is 35.4 Å². The lowest BCUT2D eigenvalue weighted by molar-refractivity contribution is -0.127. The van der Waals surface area contributed by atoms with Crippen LogP contribution in [0.5, 0.6) is 0 Å². The van der Waals surface area contributed by atoms with Crippen molar-refractivity contribution in [2.75, 3.05) is 41.4 Å². The molecule has 0 unspecified atom stereocenters. The van der Waals surface area contributed by atoms with Gasteiger partial charge in [0.2, 0.25) is 0 Å². The average molecular weight is 635 g/mol. The Bertz CT molecular complexity index is 1650. The van der Waals surface area contributed by atoms with Crippen LogP contribution in [0.2, 0.25) is 0 Å². The van der Waals surface area contributed by atoms with E-state index in [-0.39, 0.29) is 22.0 Å². The van der Waals surface area contributed by atoms with Crippen molar-refractivity contribution < 1.29 is 22.7 Å². The summed E-state index contributed by atoms with van der Waals surface area (Å²) in [6.07, 6.45) is 9.37. The molecule has 2 aromatic rings. The molecule has 2 aromatic heterocycles. The zero-order valence-corrected chi connectivity index (χ0v) is 26.9. The van der Waals surface area contributed by atoms with E-state index in [4.69, 9.17) is 9.72 Å². The molecule has 240 valence electrons. The van der Waals surface area contributed by atoms with Crippen LogP contribution >= 0.6 is 0 Å². The van der Waals surface area contributed by atoms with Gasteiger partial charge in [-0.1, -0.05) is 6.07 Å². The first kappa shape index (κ1) is 29.2. The number of carbonyl (C=O) groups is 2. The van der Waals surface area contributed by atoms with Gasteiger partial charge in [0, 0.05) is 38.2 Å². The first-order valence-corrected chi connectivity index (χ1v) is 18.0. The van der Waals surface area contributed by atoms with E-state index in [1.807, 2.05) is 0 Å². The fourth-order valence-electron chi connectivity index (χ4n) is 9.14. The highest BCUT2D eigenvalue weighted by Crippen LogP contribution is 2.93. The summed E-state index contributed by atoms with van der Waals surface area (Å²) in [6, 6.07) is 7.92. The van der Waals surface area contributed by atoms with Crippen molar-refractivity contribution in [3.8, 4) is 0 Å². The summed E-state index contributed by atoms with van der Waals surface area (Å²) in [5, 5.41) is 2.98. The zero-order chi connectivity index (χ0) is 31.2. The second kappa shape index (κ2) is 10.1. The summed E-state index contributed by atoms with van der Waals surface area (Å²) >= 11 is 0. The number of sulfonamides is 1. The van der Waals surface area contributed by atoms with Crippen molar-refractivity contribution in [1.29, 1.82) is 0 Å². The molecule has 8 rings (SSSR count). The number of carbonyl (C=O) groups excluding carboxylic acids is 2. The number of nitrogens with zero attached hydrogens (tertiary/aromatic N) is 4. The fraction of sp³-hybridized carbons (Fsp3) is 0.636. The minimum absolute atomic E-state index is 0.110. The highest BCUT2D eigenvalue weighted by molar-refractivity contribution is 7.90. The summed E-state index contributed by atoms with van der Waals surface area (Å²) in [7, 11) is -4.25. The van der Waals surface area contributed by atoms with E-state index in [0.29, 0.717) is 66.9 Å². The standard InChI is InChI=1S/C33H42N6O5S/c1-31(2)19-21-5-4-16-34-25-6-3-7-27(35-25)45(42,43)37-29(40)22-8-9-26(36-28(22)39(31)20-21)38-17-10-23(30(38)41)44-18-11-24-32(12-13-32)33(24)14-15-33/h3,6-9,21,23-24H,4-5,10-20H2,1-2H3,(H,34,35)(H,37,40)/t21-,23-/m0/s1. The van der Waals surface area contributed by atoms with E-state index in [9.17, 15) is 18.0 Å². The highest BCUT2D eigenvalue weighted by atomic mass is 32.2.